The van der Waals surface area contributed by atoms with Crippen LogP contribution in [0.25, 0.3) is 16.6 Å². The fourth-order valence-electron chi connectivity index (χ4n) is 5.24. The van der Waals surface area contributed by atoms with E-state index >= 15 is 0 Å². The van der Waals surface area contributed by atoms with Crippen LogP contribution in [0.15, 0.2) is 59.7 Å². The van der Waals surface area contributed by atoms with Gasteiger partial charge in [0.1, 0.15) is 5.84 Å². The molecule has 198 valence electrons. The SMILES string of the molecule is N/N=C(\N)c1ccc(OCC(c2c3cc(F)c(F)cc3nn2-c2ccc(Cl)cc2)C2CCCCC2)c(F)c1. The third-order valence-electron chi connectivity index (χ3n) is 7.18. The maximum Gasteiger partial charge on any atom is 0.165 e. The summed E-state index contributed by atoms with van der Waals surface area (Å²) in [5.41, 5.74) is 7.73. The van der Waals surface area contributed by atoms with Gasteiger partial charge in [-0.2, -0.15) is 10.2 Å². The average molecular weight is 542 g/mol. The van der Waals surface area contributed by atoms with Crippen molar-refractivity contribution >= 4 is 28.3 Å². The lowest BCUT2D eigenvalue weighted by atomic mass is 9.78. The van der Waals surface area contributed by atoms with Crippen LogP contribution in [0.5, 0.6) is 5.75 Å². The second kappa shape index (κ2) is 10.9. The highest BCUT2D eigenvalue weighted by atomic mass is 35.5. The van der Waals surface area contributed by atoms with Crippen LogP contribution < -0.4 is 16.3 Å². The standard InChI is InChI=1S/C28H27ClF3N5O/c29-18-7-9-19(10-8-18)37-27(20-13-22(30)23(31)14-25(20)36-37)21(16-4-2-1-3-5-16)15-38-26-11-6-17(12-24(26)32)28(33)35-34/h6-14,16,21H,1-5,15,34H2,(H2,33,35). The van der Waals surface area contributed by atoms with Gasteiger partial charge in [-0.3, -0.25) is 0 Å². The van der Waals surface area contributed by atoms with E-state index in [1.54, 1.807) is 35.0 Å². The lowest BCUT2D eigenvalue weighted by molar-refractivity contribution is 0.203. The summed E-state index contributed by atoms with van der Waals surface area (Å²) in [7, 11) is 0. The van der Waals surface area contributed by atoms with Crippen molar-refractivity contribution < 1.29 is 17.9 Å². The Morgan fingerprint density at radius 3 is 2.39 bits per heavy atom. The molecule has 3 aromatic carbocycles. The monoisotopic (exact) mass is 541 g/mol. The van der Waals surface area contributed by atoms with Gasteiger partial charge in [0.05, 0.1) is 23.5 Å². The van der Waals surface area contributed by atoms with Gasteiger partial charge in [-0.05, 0) is 67.3 Å². The molecule has 6 nitrogen and oxygen atoms in total. The molecular weight excluding hydrogens is 515 g/mol. The Bertz CT molecular complexity index is 1480. The molecular formula is C28H27ClF3N5O. The highest BCUT2D eigenvalue weighted by Gasteiger charge is 2.32. The van der Waals surface area contributed by atoms with Gasteiger partial charge in [-0.15, -0.1) is 0 Å². The minimum Gasteiger partial charge on any atom is -0.490 e. The summed E-state index contributed by atoms with van der Waals surface area (Å²) in [5, 5.41) is 9.08. The van der Waals surface area contributed by atoms with Crippen LogP contribution in [0.2, 0.25) is 5.02 Å². The van der Waals surface area contributed by atoms with Gasteiger partial charge in [-0.1, -0.05) is 30.9 Å². The number of hydrogen-bond acceptors (Lipinski definition) is 4. The Hall–Kier alpha value is -3.72. The molecule has 1 heterocycles. The van der Waals surface area contributed by atoms with E-state index in [1.165, 1.54) is 18.2 Å². The van der Waals surface area contributed by atoms with E-state index in [0.29, 0.717) is 32.9 Å². The summed E-state index contributed by atoms with van der Waals surface area (Å²) in [6.45, 7) is 0.106. The maximum absolute atomic E-state index is 14.9. The van der Waals surface area contributed by atoms with Crippen molar-refractivity contribution in [2.24, 2.45) is 22.6 Å². The molecule has 1 aliphatic carbocycles. The second-order valence-corrected chi connectivity index (χ2v) is 9.97. The highest BCUT2D eigenvalue weighted by molar-refractivity contribution is 6.30. The quantitative estimate of drug-likeness (QED) is 0.122. The lowest BCUT2D eigenvalue weighted by Crippen LogP contribution is -2.25. The minimum atomic E-state index is -0.974. The van der Waals surface area contributed by atoms with Crippen LogP contribution in [0.1, 0.15) is 49.3 Å². The Balaban J connectivity index is 1.60. The van der Waals surface area contributed by atoms with E-state index in [-0.39, 0.29) is 30.0 Å². The largest absolute Gasteiger partial charge is 0.490 e. The molecule has 4 aromatic rings. The number of hydrogen-bond donors (Lipinski definition) is 2. The maximum atomic E-state index is 14.9. The van der Waals surface area contributed by atoms with Crippen LogP contribution in [0, 0.1) is 23.4 Å². The van der Waals surface area contributed by atoms with Crippen molar-refractivity contribution in [2.75, 3.05) is 6.61 Å². The Labute approximate surface area is 223 Å². The molecule has 1 atom stereocenters. The molecule has 0 aliphatic heterocycles. The van der Waals surface area contributed by atoms with E-state index in [1.807, 2.05) is 0 Å². The molecule has 4 N–H and O–H groups in total. The van der Waals surface area contributed by atoms with E-state index in [9.17, 15) is 13.2 Å². The number of nitrogens with two attached hydrogens (primary N) is 2. The highest BCUT2D eigenvalue weighted by Crippen LogP contribution is 2.41. The van der Waals surface area contributed by atoms with Crippen LogP contribution in [-0.2, 0) is 0 Å². The van der Waals surface area contributed by atoms with E-state index in [2.05, 4.69) is 10.2 Å². The topological polar surface area (TPSA) is 91.4 Å². The first-order chi connectivity index (χ1) is 18.4. The summed E-state index contributed by atoms with van der Waals surface area (Å²) in [6, 6.07) is 13.6. The van der Waals surface area contributed by atoms with Gasteiger partial charge in [-0.25, -0.2) is 17.9 Å². The fraction of sp³-hybridized carbons (Fsp3) is 0.286. The van der Waals surface area contributed by atoms with Crippen molar-refractivity contribution in [1.82, 2.24) is 9.78 Å². The van der Waals surface area contributed by atoms with Gasteiger partial charge in [0.25, 0.3) is 0 Å². The summed E-state index contributed by atoms with van der Waals surface area (Å²) in [4.78, 5) is 0. The summed E-state index contributed by atoms with van der Waals surface area (Å²) in [6.07, 6.45) is 5.06. The zero-order valence-corrected chi connectivity index (χ0v) is 21.3. The molecule has 5 rings (SSSR count). The van der Waals surface area contributed by atoms with Crippen LogP contribution in [-0.4, -0.2) is 22.2 Å². The van der Waals surface area contributed by atoms with Crippen molar-refractivity contribution in [1.29, 1.82) is 0 Å². The molecule has 1 aromatic heterocycles. The number of halogens is 4. The predicted octanol–water partition coefficient (Wildman–Crippen LogP) is 6.42. The number of fused-ring (bicyclic) bond motifs is 1. The van der Waals surface area contributed by atoms with Crippen molar-refractivity contribution in [3.05, 3.63) is 88.3 Å². The van der Waals surface area contributed by atoms with Crippen LogP contribution >= 0.6 is 11.6 Å². The van der Waals surface area contributed by atoms with Gasteiger partial charge < -0.3 is 16.3 Å². The number of amidine groups is 1. The van der Waals surface area contributed by atoms with E-state index < -0.39 is 17.5 Å². The van der Waals surface area contributed by atoms with Crippen molar-refractivity contribution in [3.63, 3.8) is 0 Å². The first kappa shape index (κ1) is 25.9. The number of hydrazone groups is 1. The molecule has 0 bridgehead atoms. The second-order valence-electron chi connectivity index (χ2n) is 9.53. The minimum absolute atomic E-state index is 0.00290. The third kappa shape index (κ3) is 5.15. The average Bonchev–Trinajstić information content (AvgIpc) is 3.28. The molecule has 0 spiro atoms. The summed E-state index contributed by atoms with van der Waals surface area (Å²) >= 11 is 6.11. The van der Waals surface area contributed by atoms with E-state index in [0.717, 1.165) is 38.2 Å². The molecule has 0 radical (unpaired) electrons. The number of nitrogens with zero attached hydrogens (tertiary/aromatic N) is 3. The van der Waals surface area contributed by atoms with Gasteiger partial charge in [0, 0.05) is 28.0 Å². The molecule has 0 amide bonds. The normalized spacial score (nSPS) is 15.6. The predicted molar refractivity (Wildman–Crippen MR) is 142 cm³/mol. The van der Waals surface area contributed by atoms with Gasteiger partial charge in [0.15, 0.2) is 23.2 Å². The first-order valence-electron chi connectivity index (χ1n) is 12.5. The van der Waals surface area contributed by atoms with Crippen molar-refractivity contribution in [2.45, 2.75) is 38.0 Å². The number of benzene rings is 3. The summed E-state index contributed by atoms with van der Waals surface area (Å²) in [5.74, 6) is 2.59. The summed E-state index contributed by atoms with van der Waals surface area (Å²) < 4.78 is 51.3. The Morgan fingerprint density at radius 2 is 1.71 bits per heavy atom. The van der Waals surface area contributed by atoms with Crippen molar-refractivity contribution in [3.8, 4) is 11.4 Å². The number of rotatable bonds is 7. The smallest absolute Gasteiger partial charge is 0.165 e. The molecule has 1 aliphatic rings. The number of aromatic nitrogens is 2. The Morgan fingerprint density at radius 1 is 1.00 bits per heavy atom. The van der Waals surface area contributed by atoms with Crippen LogP contribution in [0.4, 0.5) is 13.2 Å². The Kier molecular flexibility index (Phi) is 7.46. The molecule has 1 unspecified atom stereocenters. The zero-order valence-electron chi connectivity index (χ0n) is 20.5. The third-order valence-corrected chi connectivity index (χ3v) is 7.43. The van der Waals surface area contributed by atoms with Gasteiger partial charge in [0.2, 0.25) is 0 Å². The first-order valence-corrected chi connectivity index (χ1v) is 12.8. The molecule has 1 saturated carbocycles. The molecule has 10 heteroatoms. The molecule has 38 heavy (non-hydrogen) atoms. The van der Waals surface area contributed by atoms with E-state index in [4.69, 9.17) is 27.9 Å². The molecule has 1 fully saturated rings. The number of ether oxygens (including phenoxy) is 1. The molecule has 0 saturated heterocycles. The lowest BCUT2D eigenvalue weighted by Gasteiger charge is -2.31. The van der Waals surface area contributed by atoms with Gasteiger partial charge >= 0.3 is 0 Å². The zero-order chi connectivity index (χ0) is 26.8. The van der Waals surface area contributed by atoms with Crippen LogP contribution in [0.3, 0.4) is 0 Å². The fourth-order valence-corrected chi connectivity index (χ4v) is 5.37.